The molecule has 0 nitrogen and oxygen atoms in total. The molecule has 0 aliphatic carbocycles. The first-order valence-electron chi connectivity index (χ1n) is 3.87. The standard InChI is InChI=1S/C9H9BrCl2S/c1-2-6(5-11)3-7-4-8(10)9(12)13-7/h3-4H,2,5H2,1H3. The second kappa shape index (κ2) is 5.40. The normalized spacial score (nSPS) is 12.2. The van der Waals surface area contributed by atoms with E-state index in [1.54, 1.807) is 11.3 Å². The number of hydrogen-bond acceptors (Lipinski definition) is 1. The third-order valence-electron chi connectivity index (χ3n) is 1.64. The first kappa shape index (κ1) is 11.6. The van der Waals surface area contributed by atoms with Crippen molar-refractivity contribution in [2.75, 3.05) is 5.88 Å². The van der Waals surface area contributed by atoms with Crippen LogP contribution in [-0.2, 0) is 0 Å². The summed E-state index contributed by atoms with van der Waals surface area (Å²) in [5.74, 6) is 0.587. The van der Waals surface area contributed by atoms with Gasteiger partial charge in [0.1, 0.15) is 4.34 Å². The number of allylic oxidation sites excluding steroid dienone is 1. The van der Waals surface area contributed by atoms with Gasteiger partial charge in [-0.25, -0.2) is 0 Å². The van der Waals surface area contributed by atoms with Crippen LogP contribution < -0.4 is 0 Å². The molecule has 0 saturated heterocycles. The van der Waals surface area contributed by atoms with E-state index in [4.69, 9.17) is 23.2 Å². The van der Waals surface area contributed by atoms with Gasteiger partial charge in [0.15, 0.2) is 0 Å². The average molecular weight is 300 g/mol. The molecule has 1 heterocycles. The molecule has 1 rings (SSSR count). The number of alkyl halides is 1. The van der Waals surface area contributed by atoms with Crippen LogP contribution in [0.5, 0.6) is 0 Å². The molecule has 0 radical (unpaired) electrons. The van der Waals surface area contributed by atoms with Crippen molar-refractivity contribution in [3.63, 3.8) is 0 Å². The monoisotopic (exact) mass is 298 g/mol. The molecule has 4 heteroatoms. The maximum absolute atomic E-state index is 5.91. The molecule has 0 aliphatic heterocycles. The lowest BCUT2D eigenvalue weighted by Gasteiger charge is -1.95. The van der Waals surface area contributed by atoms with Gasteiger partial charge >= 0.3 is 0 Å². The van der Waals surface area contributed by atoms with E-state index in [1.807, 2.05) is 6.07 Å². The van der Waals surface area contributed by atoms with Crippen LogP contribution in [0, 0.1) is 0 Å². The van der Waals surface area contributed by atoms with Gasteiger partial charge in [0, 0.05) is 15.2 Å². The average Bonchev–Trinajstić information content (AvgIpc) is 2.42. The second-order valence-corrected chi connectivity index (χ2v) is 5.37. The minimum atomic E-state index is 0.587. The number of rotatable bonds is 3. The Labute approximate surface area is 101 Å². The molecule has 0 aliphatic rings. The van der Waals surface area contributed by atoms with Crippen molar-refractivity contribution < 1.29 is 0 Å². The molecule has 0 saturated carbocycles. The smallest absolute Gasteiger partial charge is 0.108 e. The molecule has 0 spiro atoms. The van der Waals surface area contributed by atoms with Crippen molar-refractivity contribution in [1.82, 2.24) is 0 Å². The third-order valence-corrected chi connectivity index (χ3v) is 4.40. The van der Waals surface area contributed by atoms with Gasteiger partial charge in [-0.1, -0.05) is 24.1 Å². The van der Waals surface area contributed by atoms with E-state index in [0.717, 1.165) is 20.1 Å². The fourth-order valence-corrected chi connectivity index (χ4v) is 2.87. The van der Waals surface area contributed by atoms with Crippen LogP contribution >= 0.6 is 50.5 Å². The molecule has 0 atom stereocenters. The summed E-state index contributed by atoms with van der Waals surface area (Å²) in [7, 11) is 0. The van der Waals surface area contributed by atoms with Gasteiger partial charge in [0.2, 0.25) is 0 Å². The molecule has 0 unspecified atom stereocenters. The summed E-state index contributed by atoms with van der Waals surface area (Å²) in [4.78, 5) is 1.15. The van der Waals surface area contributed by atoms with Crippen molar-refractivity contribution in [3.05, 3.63) is 25.3 Å². The molecule has 0 aromatic carbocycles. The highest BCUT2D eigenvalue weighted by atomic mass is 79.9. The van der Waals surface area contributed by atoms with Crippen molar-refractivity contribution in [1.29, 1.82) is 0 Å². The van der Waals surface area contributed by atoms with Crippen LogP contribution in [0.2, 0.25) is 4.34 Å². The summed E-state index contributed by atoms with van der Waals surface area (Å²) < 4.78 is 1.74. The van der Waals surface area contributed by atoms with Crippen LogP contribution in [0.15, 0.2) is 16.1 Å². The van der Waals surface area contributed by atoms with Crippen molar-refractivity contribution >= 4 is 56.5 Å². The zero-order valence-electron chi connectivity index (χ0n) is 7.11. The lowest BCUT2D eigenvalue weighted by Crippen LogP contribution is -1.79. The van der Waals surface area contributed by atoms with Gasteiger partial charge in [-0.05, 0) is 34.5 Å². The Morgan fingerprint density at radius 2 is 2.38 bits per heavy atom. The Hall–Kier alpha value is 0.500. The number of hydrogen-bond donors (Lipinski definition) is 0. The van der Waals surface area contributed by atoms with E-state index < -0.39 is 0 Å². The fourth-order valence-electron chi connectivity index (χ4n) is 0.871. The van der Waals surface area contributed by atoms with E-state index in [0.29, 0.717) is 5.88 Å². The zero-order valence-corrected chi connectivity index (χ0v) is 11.0. The third kappa shape index (κ3) is 3.28. The van der Waals surface area contributed by atoms with E-state index >= 15 is 0 Å². The predicted molar refractivity (Wildman–Crippen MR) is 66.0 cm³/mol. The Bertz CT molecular complexity index is 292. The van der Waals surface area contributed by atoms with Crippen LogP contribution in [0.25, 0.3) is 6.08 Å². The summed E-state index contributed by atoms with van der Waals surface area (Å²) in [6.45, 7) is 2.10. The van der Waals surface area contributed by atoms with Gasteiger partial charge in [0.05, 0.1) is 0 Å². The minimum absolute atomic E-state index is 0.587. The molecule has 0 amide bonds. The number of thiophene rings is 1. The Balaban J connectivity index is 2.89. The molecular weight excluding hydrogens is 291 g/mol. The van der Waals surface area contributed by atoms with Crippen molar-refractivity contribution in [2.45, 2.75) is 13.3 Å². The fraction of sp³-hybridized carbons (Fsp3) is 0.333. The molecule has 72 valence electrons. The number of halogens is 3. The van der Waals surface area contributed by atoms with Crippen molar-refractivity contribution in [3.8, 4) is 0 Å². The van der Waals surface area contributed by atoms with Crippen LogP contribution in [-0.4, -0.2) is 5.88 Å². The summed E-state index contributed by atoms with van der Waals surface area (Å²) in [6.07, 6.45) is 3.07. The second-order valence-electron chi connectivity index (χ2n) is 2.56. The van der Waals surface area contributed by atoms with E-state index in [1.165, 1.54) is 5.57 Å². The summed E-state index contributed by atoms with van der Waals surface area (Å²) >= 11 is 16.6. The van der Waals surface area contributed by atoms with Gasteiger partial charge < -0.3 is 0 Å². The Morgan fingerprint density at radius 3 is 2.77 bits per heavy atom. The topological polar surface area (TPSA) is 0 Å². The maximum Gasteiger partial charge on any atom is 0.108 e. The molecule has 0 fully saturated rings. The molecule has 0 bridgehead atoms. The molecule has 1 aromatic rings. The van der Waals surface area contributed by atoms with Gasteiger partial charge in [-0.3, -0.25) is 0 Å². The van der Waals surface area contributed by atoms with Crippen LogP contribution in [0.4, 0.5) is 0 Å². The van der Waals surface area contributed by atoms with Crippen LogP contribution in [0.1, 0.15) is 18.2 Å². The highest BCUT2D eigenvalue weighted by Gasteiger charge is 2.02. The lowest BCUT2D eigenvalue weighted by atomic mass is 10.2. The summed E-state index contributed by atoms with van der Waals surface area (Å²) in [5.41, 5.74) is 1.23. The molecule has 0 N–H and O–H groups in total. The molecular formula is C9H9BrCl2S. The largest absolute Gasteiger partial charge is 0.123 e. The zero-order chi connectivity index (χ0) is 9.84. The Kier molecular flexibility index (Phi) is 4.81. The molecule has 13 heavy (non-hydrogen) atoms. The summed E-state index contributed by atoms with van der Waals surface area (Å²) in [5, 5.41) is 0. The van der Waals surface area contributed by atoms with E-state index in [2.05, 4.69) is 28.9 Å². The highest BCUT2D eigenvalue weighted by molar-refractivity contribution is 9.10. The SMILES string of the molecule is CCC(=Cc1cc(Br)c(Cl)s1)CCl. The lowest BCUT2D eigenvalue weighted by molar-refractivity contribution is 1.12. The first-order chi connectivity index (χ1) is 6.17. The van der Waals surface area contributed by atoms with Crippen LogP contribution in [0.3, 0.4) is 0 Å². The predicted octanol–water partition coefficient (Wildman–Crippen LogP) is 5.20. The minimum Gasteiger partial charge on any atom is -0.123 e. The van der Waals surface area contributed by atoms with Gasteiger partial charge in [-0.15, -0.1) is 22.9 Å². The van der Waals surface area contributed by atoms with E-state index in [9.17, 15) is 0 Å². The quantitative estimate of drug-likeness (QED) is 0.673. The first-order valence-corrected chi connectivity index (χ1v) is 6.39. The van der Waals surface area contributed by atoms with Gasteiger partial charge in [-0.2, -0.15) is 0 Å². The maximum atomic E-state index is 5.91. The Morgan fingerprint density at radius 1 is 1.69 bits per heavy atom. The summed E-state index contributed by atoms with van der Waals surface area (Å²) in [6, 6.07) is 2.01. The van der Waals surface area contributed by atoms with Crippen molar-refractivity contribution in [2.24, 2.45) is 0 Å². The highest BCUT2D eigenvalue weighted by Crippen LogP contribution is 2.33. The molecule has 1 aromatic heterocycles. The van der Waals surface area contributed by atoms with E-state index in [-0.39, 0.29) is 0 Å². The van der Waals surface area contributed by atoms with Gasteiger partial charge in [0.25, 0.3) is 0 Å².